The van der Waals surface area contributed by atoms with Crippen LogP contribution >= 0.6 is 0 Å². The monoisotopic (exact) mass is 130 g/mol. The Balaban J connectivity index is -0.0000000150. The van der Waals surface area contributed by atoms with Crippen LogP contribution in [-0.4, -0.2) is 35.7 Å². The topological polar surface area (TPSA) is 63.2 Å². The fraction of sp³-hybridized carbons (Fsp3) is 0. The van der Waals surface area contributed by atoms with E-state index in [0.717, 1.165) is 0 Å². The number of carbonyl (C=O) groups excluding carboxylic acids is 1. The van der Waals surface area contributed by atoms with Gasteiger partial charge in [-0.1, -0.05) is 0 Å². The van der Waals surface area contributed by atoms with Crippen LogP contribution in [0.2, 0.25) is 0 Å². The Kier molecular flexibility index (Phi) is 51.3. The van der Waals surface area contributed by atoms with Gasteiger partial charge in [0.15, 0.2) is 0 Å². The molecule has 0 heterocycles. The zero-order valence-electron chi connectivity index (χ0n) is 3.72. The van der Waals surface area contributed by atoms with Crippen molar-refractivity contribution in [1.82, 2.24) is 0 Å². The summed E-state index contributed by atoms with van der Waals surface area (Å²) in [5.74, 6) is 0. The first kappa shape index (κ1) is 22.8. The van der Waals surface area contributed by atoms with Crippen LogP contribution in [0.15, 0.2) is 0 Å². The Bertz CT molecular complexity index is 33.2. The van der Waals surface area contributed by atoms with Gasteiger partial charge < -0.3 is 15.0 Å². The van der Waals surface area contributed by atoms with E-state index in [1.807, 2.05) is 0 Å². The summed E-state index contributed by atoms with van der Waals surface area (Å²) in [6.45, 7) is 0. The Morgan fingerprint density at radius 1 is 1.14 bits per heavy atom. The number of rotatable bonds is 0. The summed E-state index contributed by atoms with van der Waals surface area (Å²) < 4.78 is 0. The van der Waals surface area contributed by atoms with E-state index in [-0.39, 0.29) is 88.7 Å². The van der Waals surface area contributed by atoms with Gasteiger partial charge in [0.25, 0.3) is 0 Å². The maximum atomic E-state index is 8.33. The van der Waals surface area contributed by atoms with Gasteiger partial charge in [-0.3, -0.25) is 0 Å². The molecule has 0 aliphatic rings. The Labute approximate surface area is 108 Å². The first-order valence-corrected chi connectivity index (χ1v) is 0.612. The quantitative estimate of drug-likeness (QED) is 0.306. The number of carboxylic acid groups (broad SMARTS) is 2. The van der Waals surface area contributed by atoms with Crippen molar-refractivity contribution in [1.29, 1.82) is 0 Å². The van der Waals surface area contributed by atoms with Crippen LogP contribution in [0.4, 0.5) is 4.79 Å². The third-order valence-corrected chi connectivity index (χ3v) is 0. The number of carbonyl (C=O) groups is 1. The van der Waals surface area contributed by atoms with E-state index in [2.05, 4.69) is 0 Å². The SMILES string of the molecule is O=C([O-])[O-].[Na+].[Na+].[NaH]. The van der Waals surface area contributed by atoms with E-state index >= 15 is 0 Å². The molecule has 0 aromatic rings. The summed E-state index contributed by atoms with van der Waals surface area (Å²) in [7, 11) is 0. The van der Waals surface area contributed by atoms with Crippen molar-refractivity contribution in [3.8, 4) is 0 Å². The molecule has 0 aromatic carbocycles. The molecule has 6 heteroatoms. The van der Waals surface area contributed by atoms with E-state index < -0.39 is 6.16 Å². The van der Waals surface area contributed by atoms with Crippen molar-refractivity contribution in [2.75, 3.05) is 0 Å². The summed E-state index contributed by atoms with van der Waals surface area (Å²) in [6, 6.07) is 0. The molecule has 0 amide bonds. The molecule has 0 spiro atoms. The molecule has 0 rings (SSSR count). The molecule has 0 atom stereocenters. The second-order valence-corrected chi connectivity index (χ2v) is 0.250. The van der Waals surface area contributed by atoms with Crippen LogP contribution < -0.4 is 69.3 Å². The average molecular weight is 130 g/mol. The first-order chi connectivity index (χ1) is 1.73. The molecular formula is CHNa3O3. The zero-order chi connectivity index (χ0) is 3.58. The molecular weight excluding hydrogens is 129 g/mol. The van der Waals surface area contributed by atoms with Crippen molar-refractivity contribution in [3.63, 3.8) is 0 Å². The van der Waals surface area contributed by atoms with Crippen LogP contribution in [0.5, 0.6) is 0 Å². The molecule has 0 aliphatic carbocycles. The predicted molar refractivity (Wildman–Crippen MR) is 12.5 cm³/mol. The van der Waals surface area contributed by atoms with Gasteiger partial charge in [-0.05, 0) is 6.16 Å². The van der Waals surface area contributed by atoms with Crippen molar-refractivity contribution >= 4 is 35.7 Å². The van der Waals surface area contributed by atoms with Gasteiger partial charge in [-0.2, -0.15) is 0 Å². The van der Waals surface area contributed by atoms with E-state index in [1.165, 1.54) is 0 Å². The van der Waals surface area contributed by atoms with Crippen LogP contribution in [0, 0.1) is 0 Å². The fourth-order valence-electron chi connectivity index (χ4n) is 0. The predicted octanol–water partition coefficient (Wildman–Crippen LogP) is -9.09. The van der Waals surface area contributed by atoms with Gasteiger partial charge in [0.05, 0.1) is 0 Å². The molecule has 26 valence electrons. The molecule has 0 N–H and O–H groups in total. The Morgan fingerprint density at radius 3 is 1.14 bits per heavy atom. The second kappa shape index (κ2) is 15.7. The summed E-state index contributed by atoms with van der Waals surface area (Å²) in [5.41, 5.74) is 0. The third kappa shape index (κ3) is 63.1. The van der Waals surface area contributed by atoms with Crippen molar-refractivity contribution < 1.29 is 74.1 Å². The molecule has 0 radical (unpaired) electrons. The van der Waals surface area contributed by atoms with Gasteiger partial charge in [0, 0.05) is 0 Å². The van der Waals surface area contributed by atoms with Crippen LogP contribution in [0.3, 0.4) is 0 Å². The van der Waals surface area contributed by atoms with Gasteiger partial charge >= 0.3 is 88.7 Å². The minimum absolute atomic E-state index is 0. The molecule has 0 saturated heterocycles. The Hall–Kier alpha value is 2.27. The average Bonchev–Trinajstić information content (AvgIpc) is 0.811. The maximum absolute atomic E-state index is 8.33. The molecule has 0 fully saturated rings. The molecule has 0 aromatic heterocycles. The van der Waals surface area contributed by atoms with Crippen molar-refractivity contribution in [2.24, 2.45) is 0 Å². The van der Waals surface area contributed by atoms with Gasteiger partial charge in [0.2, 0.25) is 0 Å². The van der Waals surface area contributed by atoms with E-state index in [9.17, 15) is 0 Å². The van der Waals surface area contributed by atoms with E-state index in [4.69, 9.17) is 15.0 Å². The van der Waals surface area contributed by atoms with Crippen LogP contribution in [0.25, 0.3) is 0 Å². The Morgan fingerprint density at radius 2 is 1.14 bits per heavy atom. The normalized spacial score (nSPS) is 3.43. The minimum atomic E-state index is -2.33. The van der Waals surface area contributed by atoms with Crippen LogP contribution in [-0.2, 0) is 0 Å². The van der Waals surface area contributed by atoms with Crippen molar-refractivity contribution in [2.45, 2.75) is 0 Å². The van der Waals surface area contributed by atoms with Gasteiger partial charge in [-0.15, -0.1) is 0 Å². The van der Waals surface area contributed by atoms with Crippen molar-refractivity contribution in [3.05, 3.63) is 0 Å². The number of hydrogen-bond acceptors (Lipinski definition) is 3. The first-order valence-electron chi connectivity index (χ1n) is 0.612. The summed E-state index contributed by atoms with van der Waals surface area (Å²) >= 11 is 0. The molecule has 0 bridgehead atoms. The third-order valence-electron chi connectivity index (χ3n) is 0. The van der Waals surface area contributed by atoms with Crippen LogP contribution in [0.1, 0.15) is 0 Å². The number of hydrogen-bond donors (Lipinski definition) is 0. The van der Waals surface area contributed by atoms with Gasteiger partial charge in [0.1, 0.15) is 0 Å². The second-order valence-electron chi connectivity index (χ2n) is 0.250. The molecule has 3 nitrogen and oxygen atoms in total. The van der Waals surface area contributed by atoms with E-state index in [0.29, 0.717) is 0 Å². The zero-order valence-corrected chi connectivity index (χ0v) is 7.72. The molecule has 7 heavy (non-hydrogen) atoms. The molecule has 0 saturated carbocycles. The van der Waals surface area contributed by atoms with E-state index in [1.54, 1.807) is 0 Å². The summed E-state index contributed by atoms with van der Waals surface area (Å²) in [5, 5.41) is 16.7. The summed E-state index contributed by atoms with van der Waals surface area (Å²) in [6.07, 6.45) is -2.33. The molecule has 0 aliphatic heterocycles. The van der Waals surface area contributed by atoms with Gasteiger partial charge in [-0.25, -0.2) is 0 Å². The molecule has 0 unspecified atom stereocenters. The fourth-order valence-corrected chi connectivity index (χ4v) is 0. The standard InChI is InChI=1S/CH2O3.3Na.H/c2-1(3)4;;;;/h(H2,2,3,4);;;;/q;;2*+1;/p-2. The summed E-state index contributed by atoms with van der Waals surface area (Å²) in [4.78, 5) is 8.33.